The van der Waals surface area contributed by atoms with Gasteiger partial charge in [0.1, 0.15) is 0 Å². The Morgan fingerprint density at radius 2 is 2.05 bits per heavy atom. The van der Waals surface area contributed by atoms with Crippen molar-refractivity contribution in [3.8, 4) is 0 Å². The summed E-state index contributed by atoms with van der Waals surface area (Å²) in [5, 5.41) is 19.4. The normalized spacial score (nSPS) is 22.9. The van der Waals surface area contributed by atoms with Gasteiger partial charge in [0.05, 0.1) is 24.6 Å². The zero-order valence-electron chi connectivity index (χ0n) is 10.7. The molecular formula is C12H18N4O3. The van der Waals surface area contributed by atoms with E-state index in [1.807, 2.05) is 0 Å². The molecule has 0 radical (unpaired) electrons. The second kappa shape index (κ2) is 6.31. The number of carbonyl (C=O) groups is 2. The summed E-state index contributed by atoms with van der Waals surface area (Å²) in [6.45, 7) is 0.973. The molecule has 7 nitrogen and oxygen atoms in total. The van der Waals surface area contributed by atoms with E-state index in [2.05, 4.69) is 15.6 Å². The molecular weight excluding hydrogens is 248 g/mol. The Morgan fingerprint density at radius 1 is 1.32 bits per heavy atom. The van der Waals surface area contributed by atoms with Gasteiger partial charge in [0.25, 0.3) is 0 Å². The van der Waals surface area contributed by atoms with Crippen LogP contribution in [0.5, 0.6) is 0 Å². The van der Waals surface area contributed by atoms with Crippen molar-refractivity contribution in [2.24, 2.45) is 11.8 Å². The van der Waals surface area contributed by atoms with E-state index >= 15 is 0 Å². The van der Waals surface area contributed by atoms with Crippen LogP contribution in [0.4, 0.5) is 0 Å². The highest BCUT2D eigenvalue weighted by molar-refractivity contribution is 5.84. The number of aliphatic carboxylic acids is 1. The quantitative estimate of drug-likeness (QED) is 0.798. The number of nitrogens with zero attached hydrogens (tertiary/aromatic N) is 3. The average Bonchev–Trinajstić information content (AvgIpc) is 2.91. The summed E-state index contributed by atoms with van der Waals surface area (Å²) < 4.78 is 1.62. The van der Waals surface area contributed by atoms with Gasteiger partial charge in [-0.15, -0.1) is 5.10 Å². The predicted molar refractivity (Wildman–Crippen MR) is 66.1 cm³/mol. The van der Waals surface area contributed by atoms with Crippen molar-refractivity contribution >= 4 is 11.9 Å². The lowest BCUT2D eigenvalue weighted by atomic mass is 9.79. The van der Waals surface area contributed by atoms with Gasteiger partial charge < -0.3 is 10.4 Å². The molecule has 19 heavy (non-hydrogen) atoms. The van der Waals surface area contributed by atoms with Crippen molar-refractivity contribution in [1.29, 1.82) is 0 Å². The summed E-state index contributed by atoms with van der Waals surface area (Å²) >= 11 is 0. The van der Waals surface area contributed by atoms with Gasteiger partial charge in [-0.2, -0.15) is 0 Å². The molecule has 1 aliphatic carbocycles. The summed E-state index contributed by atoms with van der Waals surface area (Å²) in [6.07, 6.45) is 6.35. The van der Waals surface area contributed by atoms with Crippen LogP contribution in [0.3, 0.4) is 0 Å². The molecule has 2 atom stereocenters. The minimum absolute atomic E-state index is 0.160. The summed E-state index contributed by atoms with van der Waals surface area (Å²) in [4.78, 5) is 23.1. The van der Waals surface area contributed by atoms with Crippen molar-refractivity contribution in [1.82, 2.24) is 20.3 Å². The molecule has 0 aliphatic heterocycles. The first kappa shape index (κ1) is 13.5. The largest absolute Gasteiger partial charge is 0.481 e. The lowest BCUT2D eigenvalue weighted by Gasteiger charge is -2.27. The molecule has 2 N–H and O–H groups in total. The van der Waals surface area contributed by atoms with Crippen molar-refractivity contribution in [3.63, 3.8) is 0 Å². The number of aromatic nitrogens is 3. The molecule has 0 unspecified atom stereocenters. The van der Waals surface area contributed by atoms with Gasteiger partial charge in [0.2, 0.25) is 5.91 Å². The Hall–Kier alpha value is -1.92. The maximum absolute atomic E-state index is 12.0. The molecule has 1 amide bonds. The van der Waals surface area contributed by atoms with Crippen LogP contribution in [0.25, 0.3) is 0 Å². The molecule has 0 bridgehead atoms. The molecule has 1 saturated carbocycles. The van der Waals surface area contributed by atoms with Crippen LogP contribution in [0, 0.1) is 11.8 Å². The fourth-order valence-electron chi connectivity index (χ4n) is 2.52. The van der Waals surface area contributed by atoms with E-state index in [0.29, 0.717) is 25.9 Å². The molecule has 1 heterocycles. The Labute approximate surface area is 111 Å². The molecule has 2 rings (SSSR count). The lowest BCUT2D eigenvalue weighted by molar-refractivity contribution is -0.148. The molecule has 1 fully saturated rings. The molecule has 7 heteroatoms. The average molecular weight is 266 g/mol. The zero-order chi connectivity index (χ0) is 13.7. The zero-order valence-corrected chi connectivity index (χ0v) is 10.7. The maximum atomic E-state index is 12.0. The number of nitrogens with one attached hydrogen (secondary N) is 1. The summed E-state index contributed by atoms with van der Waals surface area (Å²) in [6, 6.07) is 0. The molecule has 1 aromatic heterocycles. The van der Waals surface area contributed by atoms with Crippen molar-refractivity contribution in [2.45, 2.75) is 32.2 Å². The highest BCUT2D eigenvalue weighted by Crippen LogP contribution is 2.30. The fourth-order valence-corrected chi connectivity index (χ4v) is 2.52. The number of hydrogen-bond donors (Lipinski definition) is 2. The minimum atomic E-state index is -0.865. The number of carboxylic acids is 1. The number of hydrogen-bond acceptors (Lipinski definition) is 4. The Morgan fingerprint density at radius 3 is 2.68 bits per heavy atom. The Kier molecular flexibility index (Phi) is 4.48. The van der Waals surface area contributed by atoms with E-state index in [1.165, 1.54) is 0 Å². The summed E-state index contributed by atoms with van der Waals surface area (Å²) in [5.74, 6) is -1.97. The predicted octanol–water partition coefficient (Wildman–Crippen LogP) is 0.285. The third-order valence-electron chi connectivity index (χ3n) is 3.53. The molecule has 0 saturated heterocycles. The van der Waals surface area contributed by atoms with E-state index in [1.54, 1.807) is 17.1 Å². The van der Waals surface area contributed by atoms with E-state index in [9.17, 15) is 9.59 Å². The standard InChI is InChI=1S/C12H18N4O3/c17-11(13-5-7-16-8-6-14-15-16)9-3-1-2-4-10(9)12(18)19/h6,8-10H,1-5,7H2,(H,13,17)(H,18,19)/t9-,10+/m1/s1. The van der Waals surface area contributed by atoms with Crippen molar-refractivity contribution < 1.29 is 14.7 Å². The van der Waals surface area contributed by atoms with Gasteiger partial charge in [-0.05, 0) is 12.8 Å². The first-order valence-electron chi connectivity index (χ1n) is 6.53. The van der Waals surface area contributed by atoms with Gasteiger partial charge in [-0.1, -0.05) is 18.1 Å². The number of carbonyl (C=O) groups excluding carboxylic acids is 1. The van der Waals surface area contributed by atoms with Crippen LogP contribution in [-0.4, -0.2) is 38.5 Å². The topological polar surface area (TPSA) is 97.1 Å². The van der Waals surface area contributed by atoms with Crippen LogP contribution in [0.2, 0.25) is 0 Å². The number of carboxylic acid groups (broad SMARTS) is 1. The van der Waals surface area contributed by atoms with Crippen LogP contribution in [0.1, 0.15) is 25.7 Å². The van der Waals surface area contributed by atoms with Crippen LogP contribution < -0.4 is 5.32 Å². The van der Waals surface area contributed by atoms with Gasteiger partial charge in [0, 0.05) is 12.7 Å². The molecule has 104 valence electrons. The third kappa shape index (κ3) is 3.52. The molecule has 1 aliphatic rings. The molecule has 1 aromatic rings. The minimum Gasteiger partial charge on any atom is -0.481 e. The second-order valence-electron chi connectivity index (χ2n) is 4.79. The van der Waals surface area contributed by atoms with E-state index in [4.69, 9.17) is 5.11 Å². The van der Waals surface area contributed by atoms with Crippen molar-refractivity contribution in [3.05, 3.63) is 12.4 Å². The van der Waals surface area contributed by atoms with Gasteiger partial charge >= 0.3 is 5.97 Å². The summed E-state index contributed by atoms with van der Waals surface area (Å²) in [5.41, 5.74) is 0. The highest BCUT2D eigenvalue weighted by atomic mass is 16.4. The smallest absolute Gasteiger partial charge is 0.307 e. The van der Waals surface area contributed by atoms with Crippen molar-refractivity contribution in [2.75, 3.05) is 6.54 Å². The SMILES string of the molecule is O=C(O)[C@H]1CCCC[C@H]1C(=O)NCCn1ccnn1. The highest BCUT2D eigenvalue weighted by Gasteiger charge is 2.35. The van der Waals surface area contributed by atoms with E-state index in [0.717, 1.165) is 12.8 Å². The Balaban J connectivity index is 1.82. The van der Waals surface area contributed by atoms with Gasteiger partial charge in [-0.25, -0.2) is 0 Å². The first-order chi connectivity index (χ1) is 9.18. The number of rotatable bonds is 5. The Bertz CT molecular complexity index is 432. The van der Waals surface area contributed by atoms with Crippen LogP contribution >= 0.6 is 0 Å². The monoisotopic (exact) mass is 266 g/mol. The third-order valence-corrected chi connectivity index (χ3v) is 3.53. The van der Waals surface area contributed by atoms with Gasteiger partial charge in [0.15, 0.2) is 0 Å². The summed E-state index contributed by atoms with van der Waals surface area (Å²) in [7, 11) is 0. The van der Waals surface area contributed by atoms with E-state index < -0.39 is 17.8 Å². The second-order valence-corrected chi connectivity index (χ2v) is 4.79. The van der Waals surface area contributed by atoms with Crippen LogP contribution in [-0.2, 0) is 16.1 Å². The molecule has 0 spiro atoms. The molecule has 0 aromatic carbocycles. The van der Waals surface area contributed by atoms with E-state index in [-0.39, 0.29) is 5.91 Å². The van der Waals surface area contributed by atoms with Crippen LogP contribution in [0.15, 0.2) is 12.4 Å². The maximum Gasteiger partial charge on any atom is 0.307 e. The number of amides is 1. The first-order valence-corrected chi connectivity index (χ1v) is 6.53. The lowest BCUT2D eigenvalue weighted by Crippen LogP contribution is -2.40. The van der Waals surface area contributed by atoms with Gasteiger partial charge in [-0.3, -0.25) is 14.3 Å². The fraction of sp³-hybridized carbons (Fsp3) is 0.667.